The lowest BCUT2D eigenvalue weighted by Gasteiger charge is -2.11. The van der Waals surface area contributed by atoms with Gasteiger partial charge in [-0.25, -0.2) is 18.7 Å². The van der Waals surface area contributed by atoms with Gasteiger partial charge in [-0.3, -0.25) is 0 Å². The molecule has 3 rings (SSSR count). The molecule has 0 aliphatic heterocycles. The number of hydrogen-bond donors (Lipinski definition) is 1. The molecule has 2 heterocycles. The molecule has 0 amide bonds. The van der Waals surface area contributed by atoms with Crippen LogP contribution in [0.5, 0.6) is 5.88 Å². The first-order chi connectivity index (χ1) is 11.0. The van der Waals surface area contributed by atoms with Gasteiger partial charge in [0.25, 0.3) is 0 Å². The zero-order valence-electron chi connectivity index (χ0n) is 12.4. The summed E-state index contributed by atoms with van der Waals surface area (Å²) in [7, 11) is 3.64. The third-order valence-electron chi connectivity index (χ3n) is 3.22. The average molecular weight is 317 g/mol. The van der Waals surface area contributed by atoms with Gasteiger partial charge in [0.2, 0.25) is 5.88 Å². The molecule has 0 aliphatic rings. The Labute approximate surface area is 130 Å². The van der Waals surface area contributed by atoms with Crippen LogP contribution in [0.4, 0.5) is 14.6 Å². The van der Waals surface area contributed by atoms with E-state index in [1.54, 1.807) is 11.0 Å². The summed E-state index contributed by atoms with van der Waals surface area (Å²) in [4.78, 5) is 9.92. The summed E-state index contributed by atoms with van der Waals surface area (Å²) in [5.74, 6) is -1.10. The Morgan fingerprint density at radius 1 is 1.04 bits per heavy atom. The molecule has 0 bridgehead atoms. The fourth-order valence-corrected chi connectivity index (χ4v) is 2.03. The lowest BCUT2D eigenvalue weighted by molar-refractivity contribution is 0.432. The lowest BCUT2D eigenvalue weighted by Crippen LogP contribution is -2.12. The second-order valence-electron chi connectivity index (χ2n) is 5.06. The Balaban J connectivity index is 2.04. The van der Waals surface area contributed by atoms with E-state index in [4.69, 9.17) is 0 Å². The van der Waals surface area contributed by atoms with E-state index >= 15 is 0 Å². The van der Waals surface area contributed by atoms with Crippen molar-refractivity contribution < 1.29 is 13.9 Å². The van der Waals surface area contributed by atoms with Crippen molar-refractivity contribution in [2.75, 3.05) is 19.0 Å². The summed E-state index contributed by atoms with van der Waals surface area (Å²) in [5, 5.41) is 14.2. The number of benzene rings is 1. The minimum Gasteiger partial charge on any atom is -0.493 e. The highest BCUT2D eigenvalue weighted by atomic mass is 19.2. The molecule has 0 saturated heterocycles. The van der Waals surface area contributed by atoms with E-state index in [-0.39, 0.29) is 5.88 Å². The first-order valence-corrected chi connectivity index (χ1v) is 6.70. The van der Waals surface area contributed by atoms with Crippen molar-refractivity contribution >= 4 is 5.82 Å². The van der Waals surface area contributed by atoms with Crippen LogP contribution in [-0.2, 0) is 0 Å². The third kappa shape index (κ3) is 2.83. The zero-order chi connectivity index (χ0) is 16.6. The first kappa shape index (κ1) is 14.9. The number of rotatable bonds is 3. The zero-order valence-corrected chi connectivity index (χ0v) is 12.4. The summed E-state index contributed by atoms with van der Waals surface area (Å²) in [5.41, 5.74) is 0.645. The Morgan fingerprint density at radius 3 is 2.52 bits per heavy atom. The average Bonchev–Trinajstić information content (AvgIpc) is 2.92. The highest BCUT2D eigenvalue weighted by Gasteiger charge is 2.14. The molecule has 0 atom stereocenters. The number of aromatic hydroxyl groups is 1. The summed E-state index contributed by atoms with van der Waals surface area (Å²) in [6.07, 6.45) is 1.35. The van der Waals surface area contributed by atoms with Crippen LogP contribution in [0.15, 0.2) is 36.7 Å². The molecule has 0 fully saturated rings. The van der Waals surface area contributed by atoms with E-state index in [0.717, 1.165) is 12.1 Å². The van der Waals surface area contributed by atoms with E-state index in [2.05, 4.69) is 15.1 Å². The van der Waals surface area contributed by atoms with Crippen LogP contribution in [0.25, 0.3) is 17.1 Å². The molecule has 0 saturated carbocycles. The first-order valence-electron chi connectivity index (χ1n) is 6.70. The van der Waals surface area contributed by atoms with Crippen molar-refractivity contribution in [1.29, 1.82) is 0 Å². The number of aromatic nitrogens is 4. The smallest absolute Gasteiger partial charge is 0.216 e. The van der Waals surface area contributed by atoms with Gasteiger partial charge in [0, 0.05) is 31.8 Å². The van der Waals surface area contributed by atoms with Crippen LogP contribution >= 0.6 is 0 Å². The number of anilines is 1. The molecular formula is C15H13F2N5O. The van der Waals surface area contributed by atoms with E-state index < -0.39 is 11.6 Å². The predicted molar refractivity (Wildman–Crippen MR) is 80.5 cm³/mol. The molecule has 23 heavy (non-hydrogen) atoms. The minimum absolute atomic E-state index is 0.173. The standard InChI is InChI=1S/C15H13F2N5O/c1-21(2)13-7-14(19-8-18-13)22-15(23)6-12(20-22)9-3-4-10(16)11(17)5-9/h3-8,23H,1-2H3. The maximum absolute atomic E-state index is 13.3. The Bertz CT molecular complexity index is 863. The number of nitrogens with zero attached hydrogens (tertiary/aromatic N) is 5. The molecule has 2 aromatic heterocycles. The fourth-order valence-electron chi connectivity index (χ4n) is 2.03. The molecule has 0 radical (unpaired) electrons. The van der Waals surface area contributed by atoms with Gasteiger partial charge < -0.3 is 10.0 Å². The molecular weight excluding hydrogens is 304 g/mol. The fraction of sp³-hybridized carbons (Fsp3) is 0.133. The molecule has 3 aromatic rings. The molecule has 0 aliphatic carbocycles. The predicted octanol–water partition coefficient (Wildman–Crippen LogP) is 2.38. The number of halogens is 2. The van der Waals surface area contributed by atoms with Gasteiger partial charge in [0.1, 0.15) is 12.1 Å². The summed E-state index contributed by atoms with van der Waals surface area (Å²) in [6.45, 7) is 0. The Hall–Kier alpha value is -3.03. The number of hydrogen-bond acceptors (Lipinski definition) is 5. The van der Waals surface area contributed by atoms with Gasteiger partial charge >= 0.3 is 0 Å². The Morgan fingerprint density at radius 2 is 1.83 bits per heavy atom. The van der Waals surface area contributed by atoms with Gasteiger partial charge in [-0.05, 0) is 18.2 Å². The van der Waals surface area contributed by atoms with Gasteiger partial charge in [0.15, 0.2) is 17.5 Å². The molecule has 1 aromatic carbocycles. The highest BCUT2D eigenvalue weighted by Crippen LogP contribution is 2.26. The van der Waals surface area contributed by atoms with Crippen molar-refractivity contribution in [2.45, 2.75) is 0 Å². The van der Waals surface area contributed by atoms with Crippen LogP contribution in [0.3, 0.4) is 0 Å². The van der Waals surface area contributed by atoms with Crippen molar-refractivity contribution in [3.8, 4) is 23.0 Å². The molecule has 0 unspecified atom stereocenters. The summed E-state index contributed by atoms with van der Waals surface area (Å²) in [6, 6.07) is 6.41. The van der Waals surface area contributed by atoms with Gasteiger partial charge in [-0.2, -0.15) is 9.78 Å². The second-order valence-corrected chi connectivity index (χ2v) is 5.06. The molecule has 1 N–H and O–H groups in total. The van der Waals surface area contributed by atoms with Crippen LogP contribution < -0.4 is 4.90 Å². The van der Waals surface area contributed by atoms with Crippen LogP contribution in [0.2, 0.25) is 0 Å². The van der Waals surface area contributed by atoms with Gasteiger partial charge in [0.05, 0.1) is 5.69 Å². The third-order valence-corrected chi connectivity index (χ3v) is 3.22. The lowest BCUT2D eigenvalue weighted by atomic mass is 10.1. The quantitative estimate of drug-likeness (QED) is 0.803. The highest BCUT2D eigenvalue weighted by molar-refractivity contribution is 5.61. The van der Waals surface area contributed by atoms with Crippen molar-refractivity contribution in [3.05, 3.63) is 48.3 Å². The topological polar surface area (TPSA) is 67.1 Å². The maximum Gasteiger partial charge on any atom is 0.216 e. The van der Waals surface area contributed by atoms with Crippen molar-refractivity contribution in [1.82, 2.24) is 19.7 Å². The molecule has 6 nitrogen and oxygen atoms in total. The van der Waals surface area contributed by atoms with Gasteiger partial charge in [-0.15, -0.1) is 0 Å². The summed E-state index contributed by atoms with van der Waals surface area (Å²) >= 11 is 0. The largest absolute Gasteiger partial charge is 0.493 e. The molecule has 8 heteroatoms. The van der Waals surface area contributed by atoms with Crippen LogP contribution in [0.1, 0.15) is 0 Å². The normalized spacial score (nSPS) is 10.8. The van der Waals surface area contributed by atoms with E-state index in [9.17, 15) is 13.9 Å². The van der Waals surface area contributed by atoms with Crippen molar-refractivity contribution in [2.24, 2.45) is 0 Å². The SMILES string of the molecule is CN(C)c1cc(-n2nc(-c3ccc(F)c(F)c3)cc2O)ncn1. The van der Waals surface area contributed by atoms with E-state index in [1.165, 1.54) is 23.1 Å². The monoisotopic (exact) mass is 317 g/mol. The van der Waals surface area contributed by atoms with Gasteiger partial charge in [-0.1, -0.05) is 0 Å². The Kier molecular flexibility index (Phi) is 3.65. The summed E-state index contributed by atoms with van der Waals surface area (Å²) < 4.78 is 27.6. The minimum atomic E-state index is -0.978. The van der Waals surface area contributed by atoms with Crippen LogP contribution in [-0.4, -0.2) is 39.0 Å². The maximum atomic E-state index is 13.3. The molecule has 0 spiro atoms. The van der Waals surface area contributed by atoms with E-state index in [0.29, 0.717) is 22.9 Å². The van der Waals surface area contributed by atoms with Crippen LogP contribution in [0, 0.1) is 11.6 Å². The van der Waals surface area contributed by atoms with E-state index in [1.807, 2.05) is 14.1 Å². The second kappa shape index (κ2) is 5.64. The molecule has 118 valence electrons. The van der Waals surface area contributed by atoms with Crippen molar-refractivity contribution in [3.63, 3.8) is 0 Å².